The molecule has 0 aliphatic carbocycles. The van der Waals surface area contributed by atoms with Gasteiger partial charge in [-0.2, -0.15) is 4.98 Å². The highest BCUT2D eigenvalue weighted by Gasteiger charge is 2.10. The number of benzene rings is 1. The van der Waals surface area contributed by atoms with Gasteiger partial charge in [0.05, 0.1) is 0 Å². The van der Waals surface area contributed by atoms with Crippen molar-refractivity contribution in [1.82, 2.24) is 14.8 Å². The molecule has 1 aromatic heterocycles. The van der Waals surface area contributed by atoms with Crippen LogP contribution in [0.3, 0.4) is 0 Å². The fourth-order valence-corrected chi connectivity index (χ4v) is 2.75. The Morgan fingerprint density at radius 3 is 2.42 bits per heavy atom. The molecule has 19 heavy (non-hydrogen) atoms. The van der Waals surface area contributed by atoms with Gasteiger partial charge in [0.15, 0.2) is 4.73 Å². The summed E-state index contributed by atoms with van der Waals surface area (Å²) in [5.41, 5.74) is 3.01. The minimum atomic E-state index is -0.150. The molecule has 0 bridgehead atoms. The second-order valence-corrected chi connectivity index (χ2v) is 5.65. The first-order valence-electron chi connectivity index (χ1n) is 5.58. The van der Waals surface area contributed by atoms with Crippen LogP contribution in [0.1, 0.15) is 11.1 Å². The van der Waals surface area contributed by atoms with Gasteiger partial charge in [0.2, 0.25) is 10.6 Å². The number of carbonyl (C=O) groups excluding carboxylic acids is 1. The van der Waals surface area contributed by atoms with E-state index in [4.69, 9.17) is 0 Å². The van der Waals surface area contributed by atoms with Crippen molar-refractivity contribution in [3.05, 3.63) is 38.8 Å². The Hall–Kier alpha value is -1.21. The van der Waals surface area contributed by atoms with Crippen molar-refractivity contribution in [1.29, 1.82) is 0 Å². The number of anilines is 1. The van der Waals surface area contributed by atoms with E-state index in [-0.39, 0.29) is 12.5 Å². The smallest absolute Gasteiger partial charge is 0.246 e. The van der Waals surface area contributed by atoms with Crippen LogP contribution in [-0.4, -0.2) is 20.7 Å². The fourth-order valence-electron chi connectivity index (χ4n) is 1.78. The molecule has 0 unspecified atom stereocenters. The molecule has 1 heterocycles. The predicted octanol–water partition coefficient (Wildman–Crippen LogP) is 3.06. The summed E-state index contributed by atoms with van der Waals surface area (Å²) in [7, 11) is 0. The molecule has 1 amide bonds. The van der Waals surface area contributed by atoms with Gasteiger partial charge >= 0.3 is 0 Å². The first-order chi connectivity index (χ1) is 8.94. The Balaban J connectivity index is 2.07. The number of halogens is 2. The van der Waals surface area contributed by atoms with Crippen molar-refractivity contribution in [2.75, 3.05) is 5.32 Å². The van der Waals surface area contributed by atoms with E-state index in [2.05, 4.69) is 53.3 Å². The molecular weight excluding hydrogens is 376 g/mol. The van der Waals surface area contributed by atoms with Gasteiger partial charge < -0.3 is 5.32 Å². The first kappa shape index (κ1) is 14.2. The zero-order valence-corrected chi connectivity index (χ0v) is 13.6. The quantitative estimate of drug-likeness (QED) is 0.880. The molecule has 0 saturated carbocycles. The molecule has 1 N–H and O–H groups in total. The Morgan fingerprint density at radius 2 is 1.89 bits per heavy atom. The van der Waals surface area contributed by atoms with E-state index in [1.165, 1.54) is 4.68 Å². The van der Waals surface area contributed by atoms with Gasteiger partial charge in [0.25, 0.3) is 0 Å². The number of hydrogen-bond acceptors (Lipinski definition) is 3. The molecule has 0 radical (unpaired) electrons. The van der Waals surface area contributed by atoms with Crippen LogP contribution >= 0.6 is 31.9 Å². The van der Waals surface area contributed by atoms with E-state index in [0.29, 0.717) is 9.47 Å². The summed E-state index contributed by atoms with van der Waals surface area (Å²) >= 11 is 6.39. The fraction of sp³-hybridized carbons (Fsp3) is 0.250. The normalized spacial score (nSPS) is 10.5. The van der Waals surface area contributed by atoms with Gasteiger partial charge in [-0.15, -0.1) is 5.10 Å². The molecule has 0 aliphatic rings. The zero-order chi connectivity index (χ0) is 14.0. The maximum Gasteiger partial charge on any atom is 0.246 e. The van der Waals surface area contributed by atoms with Crippen LogP contribution in [0.15, 0.2) is 27.7 Å². The SMILES string of the molecule is Cc1cc(C)cc(NC(=O)Cn2nc(Br)nc2Br)c1. The van der Waals surface area contributed by atoms with E-state index in [1.54, 1.807) is 0 Å². The number of aryl methyl sites for hydroxylation is 2. The predicted molar refractivity (Wildman–Crippen MR) is 80.0 cm³/mol. The topological polar surface area (TPSA) is 59.8 Å². The lowest BCUT2D eigenvalue weighted by molar-refractivity contribution is -0.116. The van der Waals surface area contributed by atoms with Crippen molar-refractivity contribution in [3.63, 3.8) is 0 Å². The highest BCUT2D eigenvalue weighted by molar-refractivity contribution is 9.11. The number of aromatic nitrogens is 3. The minimum Gasteiger partial charge on any atom is -0.324 e. The van der Waals surface area contributed by atoms with Gasteiger partial charge in [-0.3, -0.25) is 4.79 Å². The van der Waals surface area contributed by atoms with Crippen LogP contribution in [0.2, 0.25) is 0 Å². The first-order valence-corrected chi connectivity index (χ1v) is 7.16. The number of nitrogens with zero attached hydrogens (tertiary/aromatic N) is 3. The Morgan fingerprint density at radius 1 is 1.26 bits per heavy atom. The van der Waals surface area contributed by atoms with Gasteiger partial charge in [-0.1, -0.05) is 6.07 Å². The summed E-state index contributed by atoms with van der Waals surface area (Å²) in [4.78, 5) is 15.9. The lowest BCUT2D eigenvalue weighted by Gasteiger charge is -2.07. The summed E-state index contributed by atoms with van der Waals surface area (Å²) in [6.07, 6.45) is 0. The molecule has 2 rings (SSSR count). The third-order valence-corrected chi connectivity index (χ3v) is 3.32. The molecule has 100 valence electrons. The molecule has 0 spiro atoms. The van der Waals surface area contributed by atoms with E-state index in [0.717, 1.165) is 16.8 Å². The van der Waals surface area contributed by atoms with Crippen LogP contribution in [0.25, 0.3) is 0 Å². The summed E-state index contributed by atoms with van der Waals surface area (Å²) in [5.74, 6) is -0.150. The highest BCUT2D eigenvalue weighted by Crippen LogP contribution is 2.15. The van der Waals surface area contributed by atoms with Crippen molar-refractivity contribution in [2.24, 2.45) is 0 Å². The van der Waals surface area contributed by atoms with Crippen LogP contribution in [0.4, 0.5) is 5.69 Å². The number of rotatable bonds is 3. The molecule has 5 nitrogen and oxygen atoms in total. The maximum atomic E-state index is 11.9. The lowest BCUT2D eigenvalue weighted by Crippen LogP contribution is -2.19. The monoisotopic (exact) mass is 386 g/mol. The average molecular weight is 388 g/mol. The van der Waals surface area contributed by atoms with Crippen LogP contribution in [0, 0.1) is 13.8 Å². The third kappa shape index (κ3) is 3.87. The second kappa shape index (κ2) is 5.83. The Bertz CT molecular complexity index is 604. The molecule has 7 heteroatoms. The summed E-state index contributed by atoms with van der Waals surface area (Å²) < 4.78 is 2.43. The molecule has 0 atom stereocenters. The average Bonchev–Trinajstić information content (AvgIpc) is 2.55. The molecule has 0 saturated heterocycles. The van der Waals surface area contributed by atoms with Crippen LogP contribution in [0.5, 0.6) is 0 Å². The van der Waals surface area contributed by atoms with E-state index in [9.17, 15) is 4.79 Å². The van der Waals surface area contributed by atoms with E-state index >= 15 is 0 Å². The summed E-state index contributed by atoms with van der Waals surface area (Å²) in [5, 5.41) is 6.89. The molecule has 0 aliphatic heterocycles. The number of carbonyl (C=O) groups is 1. The number of nitrogens with one attached hydrogen (secondary N) is 1. The summed E-state index contributed by atoms with van der Waals surface area (Å²) in [6, 6.07) is 5.91. The van der Waals surface area contributed by atoms with Crippen LogP contribution < -0.4 is 5.32 Å². The highest BCUT2D eigenvalue weighted by atomic mass is 79.9. The second-order valence-electron chi connectivity index (χ2n) is 4.23. The minimum absolute atomic E-state index is 0.103. The maximum absolute atomic E-state index is 11.9. The molecule has 1 aromatic carbocycles. The molecular formula is C12H12Br2N4O. The number of amides is 1. The standard InChI is InChI=1S/C12H12Br2N4O/c1-7-3-8(2)5-9(4-7)15-10(19)6-18-12(14)16-11(13)17-18/h3-5H,6H2,1-2H3,(H,15,19). The zero-order valence-electron chi connectivity index (χ0n) is 10.4. The van der Waals surface area contributed by atoms with E-state index in [1.807, 2.05) is 26.0 Å². The molecule has 0 fully saturated rings. The van der Waals surface area contributed by atoms with Crippen molar-refractivity contribution in [3.8, 4) is 0 Å². The molecule has 2 aromatic rings. The van der Waals surface area contributed by atoms with Gasteiger partial charge in [-0.05, 0) is 69.0 Å². The Kier molecular flexibility index (Phi) is 4.36. The van der Waals surface area contributed by atoms with Crippen molar-refractivity contribution >= 4 is 43.5 Å². The van der Waals surface area contributed by atoms with E-state index < -0.39 is 0 Å². The van der Waals surface area contributed by atoms with Gasteiger partial charge in [0.1, 0.15) is 6.54 Å². The Labute approximate surface area is 127 Å². The largest absolute Gasteiger partial charge is 0.324 e. The van der Waals surface area contributed by atoms with Gasteiger partial charge in [0, 0.05) is 5.69 Å². The van der Waals surface area contributed by atoms with Crippen molar-refractivity contribution in [2.45, 2.75) is 20.4 Å². The van der Waals surface area contributed by atoms with Crippen LogP contribution in [-0.2, 0) is 11.3 Å². The third-order valence-electron chi connectivity index (χ3n) is 2.40. The lowest BCUT2D eigenvalue weighted by atomic mass is 10.1. The van der Waals surface area contributed by atoms with Crippen molar-refractivity contribution < 1.29 is 4.79 Å². The van der Waals surface area contributed by atoms with Gasteiger partial charge in [-0.25, -0.2) is 4.68 Å². The number of hydrogen-bond donors (Lipinski definition) is 1. The summed E-state index contributed by atoms with van der Waals surface area (Å²) in [6.45, 7) is 4.09.